The molecule has 1 aromatic heterocycles. The average Bonchev–Trinajstić information content (AvgIpc) is 2.28. The van der Waals surface area contributed by atoms with Crippen molar-refractivity contribution in [3.63, 3.8) is 0 Å². The van der Waals surface area contributed by atoms with E-state index in [1.807, 2.05) is 20.8 Å². The van der Waals surface area contributed by atoms with Crippen molar-refractivity contribution in [3.05, 3.63) is 18.1 Å². The molecule has 0 amide bonds. The van der Waals surface area contributed by atoms with Crippen LogP contribution in [0.3, 0.4) is 0 Å². The third kappa shape index (κ3) is 6.15. The van der Waals surface area contributed by atoms with Crippen LogP contribution in [0.2, 0.25) is 0 Å². The van der Waals surface area contributed by atoms with E-state index in [-0.39, 0.29) is 5.60 Å². The van der Waals surface area contributed by atoms with Crippen molar-refractivity contribution < 1.29 is 9.47 Å². The first-order valence-electron chi connectivity index (χ1n) is 5.50. The van der Waals surface area contributed by atoms with Crippen LogP contribution in [-0.2, 0) is 16.1 Å². The number of rotatable bonds is 6. The number of anilines is 1. The Bertz CT molecular complexity index is 321. The molecule has 0 radical (unpaired) electrons. The molecule has 0 unspecified atom stereocenters. The second-order valence-electron chi connectivity index (χ2n) is 4.55. The number of aromatic nitrogens is 2. The number of nitrogens with one attached hydrogen (secondary N) is 1. The number of hydrogen-bond acceptors (Lipinski definition) is 6. The van der Waals surface area contributed by atoms with Gasteiger partial charge in [0, 0.05) is 0 Å². The molecule has 0 fully saturated rings. The summed E-state index contributed by atoms with van der Waals surface area (Å²) >= 11 is 0. The Labute approximate surface area is 102 Å². The summed E-state index contributed by atoms with van der Waals surface area (Å²) in [5.41, 5.74) is 3.05. The highest BCUT2D eigenvalue weighted by molar-refractivity contribution is 5.28. The van der Waals surface area contributed by atoms with E-state index in [1.165, 1.54) is 0 Å². The Morgan fingerprint density at radius 1 is 1.24 bits per heavy atom. The number of hydrogen-bond donors (Lipinski definition) is 2. The van der Waals surface area contributed by atoms with E-state index in [2.05, 4.69) is 15.4 Å². The summed E-state index contributed by atoms with van der Waals surface area (Å²) in [4.78, 5) is 8.15. The quantitative estimate of drug-likeness (QED) is 0.440. The Kier molecular flexibility index (Phi) is 5.27. The van der Waals surface area contributed by atoms with E-state index in [4.69, 9.17) is 15.3 Å². The summed E-state index contributed by atoms with van der Waals surface area (Å²) in [7, 11) is 0. The highest BCUT2D eigenvalue weighted by atomic mass is 16.5. The van der Waals surface area contributed by atoms with Crippen molar-refractivity contribution in [2.45, 2.75) is 33.0 Å². The van der Waals surface area contributed by atoms with E-state index in [0.717, 1.165) is 5.69 Å². The summed E-state index contributed by atoms with van der Waals surface area (Å²) in [6.07, 6.45) is 3.18. The zero-order valence-electron chi connectivity index (χ0n) is 10.6. The molecule has 96 valence electrons. The molecular formula is C11H20N4O2. The Hall–Kier alpha value is -1.24. The van der Waals surface area contributed by atoms with Gasteiger partial charge < -0.3 is 14.9 Å². The number of hydrazine groups is 1. The minimum Gasteiger partial charge on any atom is -0.373 e. The molecular weight excluding hydrogens is 220 g/mol. The SMILES string of the molecule is CC(C)(C)OCCOCc1cnc(NN)cn1. The summed E-state index contributed by atoms with van der Waals surface area (Å²) in [6, 6.07) is 0. The van der Waals surface area contributed by atoms with Crippen molar-refractivity contribution in [1.29, 1.82) is 0 Å². The fourth-order valence-corrected chi connectivity index (χ4v) is 1.09. The van der Waals surface area contributed by atoms with Crippen molar-refractivity contribution in [2.75, 3.05) is 18.6 Å². The van der Waals surface area contributed by atoms with Gasteiger partial charge in [0.25, 0.3) is 0 Å². The van der Waals surface area contributed by atoms with E-state index in [9.17, 15) is 0 Å². The van der Waals surface area contributed by atoms with Gasteiger partial charge in [-0.3, -0.25) is 4.98 Å². The van der Waals surface area contributed by atoms with Gasteiger partial charge in [-0.25, -0.2) is 10.8 Å². The lowest BCUT2D eigenvalue weighted by atomic mass is 10.2. The van der Waals surface area contributed by atoms with Crippen LogP contribution in [0.1, 0.15) is 26.5 Å². The zero-order chi connectivity index (χ0) is 12.7. The molecule has 0 spiro atoms. The van der Waals surface area contributed by atoms with Gasteiger partial charge >= 0.3 is 0 Å². The lowest BCUT2D eigenvalue weighted by Crippen LogP contribution is -2.21. The molecule has 0 saturated carbocycles. The molecule has 0 aliphatic rings. The molecule has 1 aromatic rings. The summed E-state index contributed by atoms with van der Waals surface area (Å²) in [5.74, 6) is 5.71. The molecule has 0 bridgehead atoms. The van der Waals surface area contributed by atoms with Crippen LogP contribution in [-0.4, -0.2) is 28.8 Å². The minimum absolute atomic E-state index is 0.127. The maximum atomic E-state index is 5.52. The predicted molar refractivity (Wildman–Crippen MR) is 65.2 cm³/mol. The molecule has 0 aliphatic heterocycles. The summed E-state index contributed by atoms with van der Waals surface area (Å²) in [5, 5.41) is 0. The van der Waals surface area contributed by atoms with Crippen LogP contribution in [0, 0.1) is 0 Å². The second kappa shape index (κ2) is 6.48. The molecule has 0 aliphatic carbocycles. The van der Waals surface area contributed by atoms with Gasteiger partial charge in [-0.15, -0.1) is 0 Å². The van der Waals surface area contributed by atoms with E-state index < -0.39 is 0 Å². The largest absolute Gasteiger partial charge is 0.373 e. The third-order valence-electron chi connectivity index (χ3n) is 1.87. The van der Waals surface area contributed by atoms with Crippen LogP contribution in [0.15, 0.2) is 12.4 Å². The summed E-state index contributed by atoms with van der Waals surface area (Å²) < 4.78 is 10.9. The van der Waals surface area contributed by atoms with Gasteiger partial charge in [-0.2, -0.15) is 0 Å². The minimum atomic E-state index is -0.127. The molecule has 17 heavy (non-hydrogen) atoms. The molecule has 3 N–H and O–H groups in total. The fraction of sp³-hybridized carbons (Fsp3) is 0.636. The van der Waals surface area contributed by atoms with Crippen molar-refractivity contribution in [2.24, 2.45) is 5.84 Å². The molecule has 0 atom stereocenters. The molecule has 6 heteroatoms. The van der Waals surface area contributed by atoms with E-state index >= 15 is 0 Å². The lowest BCUT2D eigenvalue weighted by Gasteiger charge is -2.19. The highest BCUT2D eigenvalue weighted by Gasteiger charge is 2.08. The standard InChI is InChI=1S/C11H20N4O2/c1-11(2,3)17-5-4-16-8-9-6-14-10(15-12)7-13-9/h6-7H,4-5,8,12H2,1-3H3,(H,14,15). The number of ether oxygens (including phenoxy) is 2. The first kappa shape index (κ1) is 13.8. The molecule has 0 aromatic carbocycles. The molecule has 1 rings (SSSR count). The van der Waals surface area contributed by atoms with Crippen molar-refractivity contribution >= 4 is 5.82 Å². The maximum Gasteiger partial charge on any atom is 0.158 e. The number of nitrogens with two attached hydrogens (primary N) is 1. The number of nitrogens with zero attached hydrogens (tertiary/aromatic N) is 2. The third-order valence-corrected chi connectivity index (χ3v) is 1.87. The van der Waals surface area contributed by atoms with Gasteiger partial charge in [0.1, 0.15) is 0 Å². The van der Waals surface area contributed by atoms with E-state index in [0.29, 0.717) is 25.6 Å². The smallest absolute Gasteiger partial charge is 0.158 e. The summed E-state index contributed by atoms with van der Waals surface area (Å²) in [6.45, 7) is 7.56. The average molecular weight is 240 g/mol. The Balaban J connectivity index is 2.18. The Morgan fingerprint density at radius 3 is 2.53 bits per heavy atom. The van der Waals surface area contributed by atoms with Crippen LogP contribution < -0.4 is 11.3 Å². The predicted octanol–water partition coefficient (Wildman–Crippen LogP) is 1.09. The molecule has 1 heterocycles. The van der Waals surface area contributed by atoms with Gasteiger partial charge in [0.05, 0.1) is 43.5 Å². The van der Waals surface area contributed by atoms with Gasteiger partial charge in [-0.05, 0) is 20.8 Å². The van der Waals surface area contributed by atoms with Crippen molar-refractivity contribution in [3.8, 4) is 0 Å². The number of nitrogen functional groups attached to an aromatic ring is 1. The monoisotopic (exact) mass is 240 g/mol. The molecule has 6 nitrogen and oxygen atoms in total. The fourth-order valence-electron chi connectivity index (χ4n) is 1.09. The second-order valence-corrected chi connectivity index (χ2v) is 4.55. The van der Waals surface area contributed by atoms with Gasteiger partial charge in [0.2, 0.25) is 0 Å². The van der Waals surface area contributed by atoms with Crippen LogP contribution in [0.4, 0.5) is 5.82 Å². The van der Waals surface area contributed by atoms with Gasteiger partial charge in [0.15, 0.2) is 5.82 Å². The highest BCUT2D eigenvalue weighted by Crippen LogP contribution is 2.06. The lowest BCUT2D eigenvalue weighted by molar-refractivity contribution is -0.0380. The van der Waals surface area contributed by atoms with Crippen LogP contribution in [0.5, 0.6) is 0 Å². The Morgan fingerprint density at radius 2 is 2.00 bits per heavy atom. The van der Waals surface area contributed by atoms with Crippen molar-refractivity contribution in [1.82, 2.24) is 9.97 Å². The molecule has 0 saturated heterocycles. The first-order valence-corrected chi connectivity index (χ1v) is 5.50. The van der Waals surface area contributed by atoms with Crippen LogP contribution >= 0.6 is 0 Å². The maximum absolute atomic E-state index is 5.52. The normalized spacial score (nSPS) is 11.5. The van der Waals surface area contributed by atoms with E-state index in [1.54, 1.807) is 12.4 Å². The van der Waals surface area contributed by atoms with Crippen LogP contribution in [0.25, 0.3) is 0 Å². The zero-order valence-corrected chi connectivity index (χ0v) is 10.6. The van der Waals surface area contributed by atoms with Gasteiger partial charge in [-0.1, -0.05) is 0 Å². The topological polar surface area (TPSA) is 82.3 Å². The first-order chi connectivity index (χ1) is 8.01.